The van der Waals surface area contributed by atoms with Crippen molar-refractivity contribution in [2.45, 2.75) is 19.3 Å². The van der Waals surface area contributed by atoms with Gasteiger partial charge in [0.15, 0.2) is 0 Å². The molecule has 1 heterocycles. The van der Waals surface area contributed by atoms with E-state index in [0.717, 1.165) is 42.9 Å². The van der Waals surface area contributed by atoms with E-state index < -0.39 is 0 Å². The van der Waals surface area contributed by atoms with Crippen molar-refractivity contribution in [3.63, 3.8) is 0 Å². The van der Waals surface area contributed by atoms with Crippen molar-refractivity contribution < 1.29 is 0 Å². The van der Waals surface area contributed by atoms with E-state index in [2.05, 4.69) is 11.4 Å². The Morgan fingerprint density at radius 3 is 2.62 bits per heavy atom. The van der Waals surface area contributed by atoms with E-state index in [-0.39, 0.29) is 5.41 Å². The Hall–Kier alpha value is -1.04. The van der Waals surface area contributed by atoms with Crippen LogP contribution in [0.3, 0.4) is 0 Å². The SMILES string of the molecule is N#CC1(Cc2ccccc2Cl)CCNCC1. The molecule has 1 aliphatic rings. The molecule has 0 amide bonds. The lowest BCUT2D eigenvalue weighted by molar-refractivity contribution is 0.280. The summed E-state index contributed by atoms with van der Waals surface area (Å²) in [5.74, 6) is 0. The van der Waals surface area contributed by atoms with Gasteiger partial charge < -0.3 is 5.32 Å². The molecule has 0 aliphatic carbocycles. The highest BCUT2D eigenvalue weighted by Gasteiger charge is 2.32. The molecule has 1 aromatic carbocycles. The maximum Gasteiger partial charge on any atom is 0.0694 e. The van der Waals surface area contributed by atoms with Gasteiger partial charge in [0, 0.05) is 5.02 Å². The molecule has 0 radical (unpaired) electrons. The van der Waals surface area contributed by atoms with Crippen LogP contribution in [0.4, 0.5) is 0 Å². The summed E-state index contributed by atoms with van der Waals surface area (Å²) in [6.07, 6.45) is 2.59. The quantitative estimate of drug-likeness (QED) is 0.854. The van der Waals surface area contributed by atoms with E-state index in [1.165, 1.54) is 0 Å². The molecule has 84 valence electrons. The first-order chi connectivity index (χ1) is 7.76. The highest BCUT2D eigenvalue weighted by Crippen LogP contribution is 2.34. The molecule has 1 aromatic rings. The fraction of sp³-hybridized carbons (Fsp3) is 0.462. The maximum atomic E-state index is 9.37. The fourth-order valence-corrected chi connectivity index (χ4v) is 2.44. The summed E-state index contributed by atoms with van der Waals surface area (Å²) in [6, 6.07) is 10.3. The molecule has 0 saturated carbocycles. The molecule has 0 bridgehead atoms. The van der Waals surface area contributed by atoms with Crippen LogP contribution in [0.1, 0.15) is 18.4 Å². The zero-order chi connectivity index (χ0) is 11.4. The lowest BCUT2D eigenvalue weighted by atomic mass is 9.75. The van der Waals surface area contributed by atoms with Gasteiger partial charge in [-0.3, -0.25) is 0 Å². The van der Waals surface area contributed by atoms with Crippen LogP contribution in [-0.4, -0.2) is 13.1 Å². The highest BCUT2D eigenvalue weighted by atomic mass is 35.5. The Balaban J connectivity index is 2.19. The van der Waals surface area contributed by atoms with Gasteiger partial charge in [0.2, 0.25) is 0 Å². The van der Waals surface area contributed by atoms with Crippen molar-refractivity contribution >= 4 is 11.6 Å². The molecule has 1 saturated heterocycles. The minimum Gasteiger partial charge on any atom is -0.317 e. The third-order valence-electron chi connectivity index (χ3n) is 3.28. The van der Waals surface area contributed by atoms with Crippen molar-refractivity contribution in [2.75, 3.05) is 13.1 Å². The number of hydrogen-bond donors (Lipinski definition) is 1. The summed E-state index contributed by atoms with van der Waals surface area (Å²) >= 11 is 6.14. The van der Waals surface area contributed by atoms with Gasteiger partial charge in [-0.2, -0.15) is 5.26 Å². The van der Waals surface area contributed by atoms with Crippen LogP contribution in [0.2, 0.25) is 5.02 Å². The van der Waals surface area contributed by atoms with Crippen LogP contribution in [0, 0.1) is 16.7 Å². The zero-order valence-corrected chi connectivity index (χ0v) is 9.93. The number of piperidine rings is 1. The van der Waals surface area contributed by atoms with Crippen molar-refractivity contribution in [3.8, 4) is 6.07 Å². The Morgan fingerprint density at radius 2 is 2.00 bits per heavy atom. The second kappa shape index (κ2) is 4.86. The minimum atomic E-state index is -0.226. The smallest absolute Gasteiger partial charge is 0.0694 e. The monoisotopic (exact) mass is 234 g/mol. The second-order valence-corrected chi connectivity index (χ2v) is 4.82. The van der Waals surface area contributed by atoms with Crippen LogP contribution in [-0.2, 0) is 6.42 Å². The number of hydrogen-bond acceptors (Lipinski definition) is 2. The van der Waals surface area contributed by atoms with Crippen LogP contribution in [0.15, 0.2) is 24.3 Å². The van der Waals surface area contributed by atoms with Gasteiger partial charge >= 0.3 is 0 Å². The van der Waals surface area contributed by atoms with Crippen molar-refractivity contribution in [3.05, 3.63) is 34.9 Å². The van der Waals surface area contributed by atoms with E-state index in [4.69, 9.17) is 11.6 Å². The first-order valence-electron chi connectivity index (χ1n) is 5.61. The Labute approximate surface area is 101 Å². The van der Waals surface area contributed by atoms with Gasteiger partial charge in [-0.05, 0) is 44.0 Å². The third kappa shape index (κ3) is 2.37. The number of nitrogens with zero attached hydrogens (tertiary/aromatic N) is 1. The summed E-state index contributed by atoms with van der Waals surface area (Å²) in [4.78, 5) is 0. The Kier molecular flexibility index (Phi) is 3.48. The molecule has 16 heavy (non-hydrogen) atoms. The molecular weight excluding hydrogens is 220 g/mol. The molecule has 3 heteroatoms. The standard InChI is InChI=1S/C13H15ClN2/c14-12-4-2-1-3-11(12)9-13(10-15)5-7-16-8-6-13/h1-4,16H,5-9H2. The summed E-state index contributed by atoms with van der Waals surface area (Å²) in [5, 5.41) is 13.4. The van der Waals surface area contributed by atoms with Crippen LogP contribution in [0.5, 0.6) is 0 Å². The first-order valence-corrected chi connectivity index (χ1v) is 5.99. The molecule has 1 aliphatic heterocycles. The topological polar surface area (TPSA) is 35.8 Å². The second-order valence-electron chi connectivity index (χ2n) is 4.41. The average molecular weight is 235 g/mol. The van der Waals surface area contributed by atoms with Crippen molar-refractivity contribution in [1.29, 1.82) is 5.26 Å². The minimum absolute atomic E-state index is 0.226. The van der Waals surface area contributed by atoms with E-state index in [9.17, 15) is 5.26 Å². The maximum absolute atomic E-state index is 9.37. The summed E-state index contributed by atoms with van der Waals surface area (Å²) in [7, 11) is 0. The predicted octanol–water partition coefficient (Wildman–Crippen LogP) is 2.78. The van der Waals surface area contributed by atoms with Gasteiger partial charge in [-0.25, -0.2) is 0 Å². The number of halogens is 1. The lowest BCUT2D eigenvalue weighted by Gasteiger charge is -2.31. The zero-order valence-electron chi connectivity index (χ0n) is 9.17. The molecule has 0 atom stereocenters. The molecule has 2 rings (SSSR count). The Bertz CT molecular complexity index is 403. The van der Waals surface area contributed by atoms with Gasteiger partial charge in [0.25, 0.3) is 0 Å². The fourth-order valence-electron chi connectivity index (χ4n) is 2.24. The van der Waals surface area contributed by atoms with Gasteiger partial charge in [-0.1, -0.05) is 29.8 Å². The van der Waals surface area contributed by atoms with Crippen LogP contribution in [0.25, 0.3) is 0 Å². The Morgan fingerprint density at radius 1 is 1.31 bits per heavy atom. The molecule has 0 spiro atoms. The molecule has 0 unspecified atom stereocenters. The third-order valence-corrected chi connectivity index (χ3v) is 3.65. The predicted molar refractivity (Wildman–Crippen MR) is 65.3 cm³/mol. The summed E-state index contributed by atoms with van der Waals surface area (Å²) < 4.78 is 0. The van der Waals surface area contributed by atoms with Gasteiger partial charge in [0.05, 0.1) is 11.5 Å². The largest absolute Gasteiger partial charge is 0.317 e. The molecule has 0 aromatic heterocycles. The average Bonchev–Trinajstić information content (AvgIpc) is 2.33. The van der Waals surface area contributed by atoms with Gasteiger partial charge in [-0.15, -0.1) is 0 Å². The van der Waals surface area contributed by atoms with Crippen molar-refractivity contribution in [1.82, 2.24) is 5.32 Å². The highest BCUT2D eigenvalue weighted by molar-refractivity contribution is 6.31. The number of benzene rings is 1. The number of rotatable bonds is 2. The number of nitriles is 1. The summed E-state index contributed by atoms with van der Waals surface area (Å²) in [5.41, 5.74) is 0.864. The van der Waals surface area contributed by atoms with E-state index >= 15 is 0 Å². The normalized spacial score (nSPS) is 19.0. The molecule has 2 nitrogen and oxygen atoms in total. The molecule has 1 fully saturated rings. The van der Waals surface area contributed by atoms with E-state index in [1.807, 2.05) is 24.3 Å². The van der Waals surface area contributed by atoms with E-state index in [1.54, 1.807) is 0 Å². The molecule has 1 N–H and O–H groups in total. The van der Waals surface area contributed by atoms with E-state index in [0.29, 0.717) is 0 Å². The molecular formula is C13H15ClN2. The number of nitrogens with one attached hydrogen (secondary N) is 1. The van der Waals surface area contributed by atoms with Crippen molar-refractivity contribution in [2.24, 2.45) is 5.41 Å². The summed E-state index contributed by atoms with van der Waals surface area (Å²) in [6.45, 7) is 1.86. The first kappa shape index (κ1) is 11.4. The van der Waals surface area contributed by atoms with Crippen LogP contribution < -0.4 is 5.32 Å². The van der Waals surface area contributed by atoms with Crippen LogP contribution >= 0.6 is 11.6 Å². The lowest BCUT2D eigenvalue weighted by Crippen LogP contribution is -2.37. The van der Waals surface area contributed by atoms with Gasteiger partial charge in [0.1, 0.15) is 0 Å².